The molecule has 1 heterocycles. The number of para-hydroxylation sites is 1. The van der Waals surface area contributed by atoms with Crippen molar-refractivity contribution in [3.05, 3.63) is 23.8 Å². The lowest BCUT2D eigenvalue weighted by Crippen LogP contribution is -2.11. The van der Waals surface area contributed by atoms with Gasteiger partial charge in [-0.3, -0.25) is 0 Å². The van der Waals surface area contributed by atoms with Gasteiger partial charge in [0.1, 0.15) is 0 Å². The van der Waals surface area contributed by atoms with Crippen molar-refractivity contribution in [2.45, 2.75) is 11.8 Å². The van der Waals surface area contributed by atoms with Gasteiger partial charge in [-0.1, -0.05) is 12.1 Å². The lowest BCUT2D eigenvalue weighted by molar-refractivity contribution is 0.349. The topological polar surface area (TPSA) is 52.6 Å². The first-order valence-corrected chi connectivity index (χ1v) is 8.29. The highest BCUT2D eigenvalue weighted by atomic mass is 35.5. The van der Waals surface area contributed by atoms with Crippen molar-refractivity contribution in [1.29, 1.82) is 0 Å². The third kappa shape index (κ3) is 2.98. The molecule has 2 rings (SSSR count). The molecule has 0 radical (unpaired) electrons. The highest BCUT2D eigenvalue weighted by molar-refractivity contribution is 7.91. The number of halogens is 1. The number of hydrogen-bond donors (Lipinski definition) is 0. The number of benzene rings is 1. The van der Waals surface area contributed by atoms with E-state index >= 15 is 0 Å². The van der Waals surface area contributed by atoms with Crippen LogP contribution in [0.4, 0.5) is 0 Å². The maximum absolute atomic E-state index is 11.5. The summed E-state index contributed by atoms with van der Waals surface area (Å²) < 4.78 is 33.6. The molecule has 2 unspecified atom stereocenters. The fourth-order valence-electron chi connectivity index (χ4n) is 2.44. The van der Waals surface area contributed by atoms with E-state index in [4.69, 9.17) is 21.1 Å². The van der Waals surface area contributed by atoms with Gasteiger partial charge in [0.25, 0.3) is 0 Å². The molecule has 0 aliphatic carbocycles. The minimum Gasteiger partial charge on any atom is -0.493 e. The van der Waals surface area contributed by atoms with Crippen LogP contribution in [0.3, 0.4) is 0 Å². The quantitative estimate of drug-likeness (QED) is 0.802. The molecule has 1 aromatic rings. The Bertz CT molecular complexity index is 556. The number of hydrogen-bond acceptors (Lipinski definition) is 4. The molecule has 0 N–H and O–H groups in total. The number of sulfone groups is 1. The summed E-state index contributed by atoms with van der Waals surface area (Å²) in [5.74, 6) is 1.46. The van der Waals surface area contributed by atoms with Crippen molar-refractivity contribution in [3.8, 4) is 11.5 Å². The van der Waals surface area contributed by atoms with E-state index in [1.807, 2.05) is 12.1 Å². The second-order valence-electron chi connectivity index (χ2n) is 4.65. The highest BCUT2D eigenvalue weighted by Gasteiger charge is 2.35. The van der Waals surface area contributed by atoms with E-state index in [1.54, 1.807) is 20.3 Å². The van der Waals surface area contributed by atoms with Gasteiger partial charge in [0.05, 0.1) is 31.1 Å². The molecule has 19 heavy (non-hydrogen) atoms. The molecule has 0 saturated carbocycles. The van der Waals surface area contributed by atoms with E-state index < -0.39 is 9.84 Å². The van der Waals surface area contributed by atoms with Crippen LogP contribution >= 0.6 is 11.6 Å². The van der Waals surface area contributed by atoms with Gasteiger partial charge >= 0.3 is 0 Å². The molecule has 1 fully saturated rings. The maximum Gasteiger partial charge on any atom is 0.165 e. The van der Waals surface area contributed by atoms with E-state index in [2.05, 4.69) is 0 Å². The maximum atomic E-state index is 11.5. The number of methoxy groups -OCH3 is 2. The molecule has 0 amide bonds. The number of ether oxygens (including phenoxy) is 2. The Hall–Kier alpha value is -0.940. The Kier molecular flexibility index (Phi) is 4.26. The molecule has 1 aliphatic heterocycles. The average Bonchev–Trinajstić information content (AvgIpc) is 2.77. The first kappa shape index (κ1) is 14.5. The fourth-order valence-corrected chi connectivity index (χ4v) is 4.77. The monoisotopic (exact) mass is 304 g/mol. The number of alkyl halides is 1. The Balaban J connectivity index is 2.31. The van der Waals surface area contributed by atoms with Gasteiger partial charge < -0.3 is 9.47 Å². The molecular formula is C13H17ClO4S. The third-order valence-corrected chi connectivity index (χ3v) is 5.80. The van der Waals surface area contributed by atoms with Crippen molar-refractivity contribution in [1.82, 2.24) is 0 Å². The summed E-state index contributed by atoms with van der Waals surface area (Å²) in [6, 6.07) is 5.47. The van der Waals surface area contributed by atoms with Crippen LogP contribution in [-0.4, -0.2) is 34.1 Å². The Labute approximate surface area is 118 Å². The van der Waals surface area contributed by atoms with Crippen LogP contribution < -0.4 is 9.47 Å². The summed E-state index contributed by atoms with van der Waals surface area (Å²) in [4.78, 5) is 0. The standard InChI is InChI=1S/C13H17ClO4S/c1-17-11-5-3-4-10(13(11)18-2)12(14)9-6-7-19(15,16)8-9/h3-5,9,12H,6-8H2,1-2H3. The predicted molar refractivity (Wildman–Crippen MR) is 74.9 cm³/mol. The lowest BCUT2D eigenvalue weighted by atomic mass is 9.97. The molecule has 0 aromatic heterocycles. The van der Waals surface area contributed by atoms with E-state index in [0.717, 1.165) is 5.56 Å². The first-order valence-electron chi connectivity index (χ1n) is 6.04. The van der Waals surface area contributed by atoms with Crippen molar-refractivity contribution >= 4 is 21.4 Å². The second-order valence-corrected chi connectivity index (χ2v) is 7.35. The normalized spacial score (nSPS) is 23.0. The highest BCUT2D eigenvalue weighted by Crippen LogP contribution is 2.43. The van der Waals surface area contributed by atoms with Crippen LogP contribution in [0.2, 0.25) is 0 Å². The first-order chi connectivity index (χ1) is 8.98. The molecular weight excluding hydrogens is 288 g/mol. The van der Waals surface area contributed by atoms with Gasteiger partial charge in [0.15, 0.2) is 21.3 Å². The summed E-state index contributed by atoms with van der Waals surface area (Å²) in [5, 5.41) is -0.387. The van der Waals surface area contributed by atoms with E-state index in [0.29, 0.717) is 17.9 Å². The third-order valence-electron chi connectivity index (χ3n) is 3.41. The molecule has 1 saturated heterocycles. The largest absolute Gasteiger partial charge is 0.493 e. The van der Waals surface area contributed by atoms with Crippen molar-refractivity contribution in [2.75, 3.05) is 25.7 Å². The van der Waals surface area contributed by atoms with E-state index in [-0.39, 0.29) is 22.8 Å². The van der Waals surface area contributed by atoms with Crippen LogP contribution in [0.5, 0.6) is 11.5 Å². The van der Waals surface area contributed by atoms with E-state index in [1.165, 1.54) is 0 Å². The van der Waals surface area contributed by atoms with Gasteiger partial charge in [0.2, 0.25) is 0 Å². The van der Waals surface area contributed by atoms with Crippen LogP contribution in [0.1, 0.15) is 17.4 Å². The summed E-state index contributed by atoms with van der Waals surface area (Å²) in [7, 11) is 0.172. The van der Waals surface area contributed by atoms with Crippen molar-refractivity contribution in [3.63, 3.8) is 0 Å². The molecule has 1 aromatic carbocycles. The second kappa shape index (κ2) is 5.59. The molecule has 4 nitrogen and oxygen atoms in total. The minimum atomic E-state index is -2.94. The van der Waals surface area contributed by atoms with Crippen LogP contribution in [0.15, 0.2) is 18.2 Å². The average molecular weight is 305 g/mol. The summed E-state index contributed by atoms with van der Waals surface area (Å²) in [5.41, 5.74) is 0.783. The SMILES string of the molecule is COc1cccc(C(Cl)C2CCS(=O)(=O)C2)c1OC. The molecule has 2 atom stereocenters. The minimum absolute atomic E-state index is 0.0762. The van der Waals surface area contributed by atoms with E-state index in [9.17, 15) is 8.42 Å². The molecule has 0 spiro atoms. The molecule has 6 heteroatoms. The molecule has 0 bridgehead atoms. The lowest BCUT2D eigenvalue weighted by Gasteiger charge is -2.20. The Morgan fingerprint density at radius 3 is 2.58 bits per heavy atom. The smallest absolute Gasteiger partial charge is 0.165 e. The predicted octanol–water partition coefficient (Wildman–Crippen LogP) is 2.42. The zero-order valence-electron chi connectivity index (χ0n) is 10.9. The Morgan fingerprint density at radius 1 is 1.32 bits per heavy atom. The van der Waals surface area contributed by atoms with Gasteiger partial charge in [-0.05, 0) is 18.4 Å². The summed E-state index contributed by atoms with van der Waals surface area (Å²) in [6.45, 7) is 0. The van der Waals surface area contributed by atoms with Crippen LogP contribution in [0.25, 0.3) is 0 Å². The van der Waals surface area contributed by atoms with Crippen LogP contribution in [0, 0.1) is 5.92 Å². The van der Waals surface area contributed by atoms with Crippen LogP contribution in [-0.2, 0) is 9.84 Å². The summed E-state index contributed by atoms with van der Waals surface area (Å²) >= 11 is 6.45. The summed E-state index contributed by atoms with van der Waals surface area (Å²) in [6.07, 6.45) is 0.594. The van der Waals surface area contributed by atoms with Gasteiger partial charge in [-0.25, -0.2) is 8.42 Å². The molecule has 106 valence electrons. The zero-order chi connectivity index (χ0) is 14.0. The fraction of sp³-hybridized carbons (Fsp3) is 0.538. The molecule has 1 aliphatic rings. The van der Waals surface area contributed by atoms with Gasteiger partial charge in [-0.2, -0.15) is 0 Å². The van der Waals surface area contributed by atoms with Crippen molar-refractivity contribution < 1.29 is 17.9 Å². The van der Waals surface area contributed by atoms with Gasteiger partial charge in [0, 0.05) is 5.56 Å². The Morgan fingerprint density at radius 2 is 2.05 bits per heavy atom. The number of rotatable bonds is 4. The zero-order valence-corrected chi connectivity index (χ0v) is 12.5. The van der Waals surface area contributed by atoms with Crippen molar-refractivity contribution in [2.24, 2.45) is 5.92 Å². The van der Waals surface area contributed by atoms with Gasteiger partial charge in [-0.15, -0.1) is 11.6 Å².